The first kappa shape index (κ1) is 15.0. The number of aryl methyl sites for hydroxylation is 1. The third-order valence-corrected chi connectivity index (χ3v) is 2.16. The van der Waals surface area contributed by atoms with Crippen molar-refractivity contribution in [3.63, 3.8) is 0 Å². The van der Waals surface area contributed by atoms with Crippen LogP contribution in [-0.4, -0.2) is 24.5 Å². The maximum Gasteiger partial charge on any atom is 0.307 e. The number of ether oxygens (including phenoxy) is 1. The van der Waals surface area contributed by atoms with E-state index in [1.807, 2.05) is 13.0 Å². The SMILES string of the molecule is Cc1ccc(/C=C/C(=O)NCCC(=O)OC(C)C)o1. The number of esters is 1. The molecule has 0 saturated carbocycles. The number of furan rings is 1. The molecule has 5 nitrogen and oxygen atoms in total. The number of nitrogens with one attached hydrogen (secondary N) is 1. The lowest BCUT2D eigenvalue weighted by Gasteiger charge is -2.07. The van der Waals surface area contributed by atoms with Crippen molar-refractivity contribution in [1.82, 2.24) is 5.32 Å². The van der Waals surface area contributed by atoms with Gasteiger partial charge < -0.3 is 14.5 Å². The van der Waals surface area contributed by atoms with Crippen LogP contribution in [0.25, 0.3) is 6.08 Å². The molecule has 1 rings (SSSR count). The molecule has 1 N–H and O–H groups in total. The molecule has 0 spiro atoms. The minimum Gasteiger partial charge on any atom is -0.463 e. The van der Waals surface area contributed by atoms with E-state index in [4.69, 9.17) is 9.15 Å². The summed E-state index contributed by atoms with van der Waals surface area (Å²) >= 11 is 0. The minimum atomic E-state index is -0.319. The van der Waals surface area contributed by atoms with Gasteiger partial charge in [-0.15, -0.1) is 0 Å². The lowest BCUT2D eigenvalue weighted by Crippen LogP contribution is -2.25. The second kappa shape index (κ2) is 7.41. The van der Waals surface area contributed by atoms with Gasteiger partial charge in [0.2, 0.25) is 5.91 Å². The Morgan fingerprint density at radius 2 is 2.16 bits per heavy atom. The van der Waals surface area contributed by atoms with Gasteiger partial charge in [-0.3, -0.25) is 9.59 Å². The normalized spacial score (nSPS) is 10.9. The Bertz CT molecular complexity index is 460. The largest absolute Gasteiger partial charge is 0.463 e. The lowest BCUT2D eigenvalue weighted by atomic mass is 10.3. The van der Waals surface area contributed by atoms with Crippen molar-refractivity contribution in [1.29, 1.82) is 0 Å². The second-order valence-electron chi connectivity index (χ2n) is 4.36. The molecule has 104 valence electrons. The third-order valence-electron chi connectivity index (χ3n) is 2.16. The fourth-order valence-corrected chi connectivity index (χ4v) is 1.37. The van der Waals surface area contributed by atoms with Crippen LogP contribution in [0.15, 0.2) is 22.6 Å². The molecule has 0 unspecified atom stereocenters. The van der Waals surface area contributed by atoms with Gasteiger partial charge >= 0.3 is 5.97 Å². The quantitative estimate of drug-likeness (QED) is 0.631. The summed E-state index contributed by atoms with van der Waals surface area (Å²) in [7, 11) is 0. The average Bonchev–Trinajstić information content (AvgIpc) is 2.71. The Balaban J connectivity index is 2.25. The van der Waals surface area contributed by atoms with Gasteiger partial charge in [0.05, 0.1) is 12.5 Å². The highest BCUT2D eigenvalue weighted by Crippen LogP contribution is 2.07. The van der Waals surface area contributed by atoms with Crippen LogP contribution in [0, 0.1) is 6.92 Å². The van der Waals surface area contributed by atoms with Gasteiger partial charge in [0.25, 0.3) is 0 Å². The minimum absolute atomic E-state index is 0.134. The molecule has 0 radical (unpaired) electrons. The molecule has 0 bridgehead atoms. The van der Waals surface area contributed by atoms with E-state index in [9.17, 15) is 9.59 Å². The fourth-order valence-electron chi connectivity index (χ4n) is 1.37. The average molecular weight is 265 g/mol. The van der Waals surface area contributed by atoms with Crippen molar-refractivity contribution in [2.75, 3.05) is 6.54 Å². The van der Waals surface area contributed by atoms with Gasteiger partial charge in [0.15, 0.2) is 0 Å². The van der Waals surface area contributed by atoms with Crippen LogP contribution in [0.3, 0.4) is 0 Å². The van der Waals surface area contributed by atoms with Gasteiger partial charge in [-0.2, -0.15) is 0 Å². The van der Waals surface area contributed by atoms with E-state index in [0.717, 1.165) is 5.76 Å². The summed E-state index contributed by atoms with van der Waals surface area (Å²) in [6.45, 7) is 5.65. The van der Waals surface area contributed by atoms with E-state index >= 15 is 0 Å². The summed E-state index contributed by atoms with van der Waals surface area (Å²) in [5.41, 5.74) is 0. The second-order valence-corrected chi connectivity index (χ2v) is 4.36. The van der Waals surface area contributed by atoms with E-state index in [-0.39, 0.29) is 30.9 Å². The predicted molar refractivity (Wildman–Crippen MR) is 71.3 cm³/mol. The molecule has 1 aromatic heterocycles. The van der Waals surface area contributed by atoms with E-state index in [1.54, 1.807) is 26.0 Å². The molecule has 0 aromatic carbocycles. The van der Waals surface area contributed by atoms with Crippen molar-refractivity contribution in [2.24, 2.45) is 0 Å². The highest BCUT2D eigenvalue weighted by molar-refractivity contribution is 5.91. The molecule has 1 amide bonds. The Morgan fingerprint density at radius 1 is 1.42 bits per heavy atom. The maximum absolute atomic E-state index is 11.4. The summed E-state index contributed by atoms with van der Waals surface area (Å²) in [4.78, 5) is 22.6. The highest BCUT2D eigenvalue weighted by Gasteiger charge is 2.05. The van der Waals surface area contributed by atoms with E-state index in [0.29, 0.717) is 5.76 Å². The van der Waals surface area contributed by atoms with Crippen molar-refractivity contribution in [2.45, 2.75) is 33.3 Å². The lowest BCUT2D eigenvalue weighted by molar-refractivity contribution is -0.147. The van der Waals surface area contributed by atoms with Gasteiger partial charge in [-0.1, -0.05) is 0 Å². The smallest absolute Gasteiger partial charge is 0.307 e. The zero-order valence-electron chi connectivity index (χ0n) is 11.4. The molecule has 0 aliphatic rings. The van der Waals surface area contributed by atoms with Crippen LogP contribution in [0.2, 0.25) is 0 Å². The van der Waals surface area contributed by atoms with Crippen LogP contribution in [0.5, 0.6) is 0 Å². The fraction of sp³-hybridized carbons (Fsp3) is 0.429. The summed E-state index contributed by atoms with van der Waals surface area (Å²) in [5.74, 6) is 0.815. The molecule has 19 heavy (non-hydrogen) atoms. The molecular weight excluding hydrogens is 246 g/mol. The van der Waals surface area contributed by atoms with Crippen LogP contribution in [-0.2, 0) is 14.3 Å². The van der Waals surface area contributed by atoms with Crippen LogP contribution in [0.1, 0.15) is 31.8 Å². The zero-order chi connectivity index (χ0) is 14.3. The van der Waals surface area contributed by atoms with Crippen molar-refractivity contribution < 1.29 is 18.7 Å². The summed E-state index contributed by atoms with van der Waals surface area (Å²) in [6, 6.07) is 3.60. The first-order chi connectivity index (χ1) is 8.97. The zero-order valence-corrected chi connectivity index (χ0v) is 11.4. The van der Waals surface area contributed by atoms with Gasteiger partial charge in [-0.05, 0) is 39.0 Å². The van der Waals surface area contributed by atoms with Gasteiger partial charge in [0.1, 0.15) is 11.5 Å². The first-order valence-corrected chi connectivity index (χ1v) is 6.19. The van der Waals surface area contributed by atoms with Crippen molar-refractivity contribution in [3.8, 4) is 0 Å². The molecule has 1 heterocycles. The number of amides is 1. The van der Waals surface area contributed by atoms with Gasteiger partial charge in [-0.25, -0.2) is 0 Å². The predicted octanol–water partition coefficient (Wildman–Crippen LogP) is 2.06. The molecule has 0 fully saturated rings. The summed E-state index contributed by atoms with van der Waals surface area (Å²) in [6.07, 6.45) is 2.98. The number of rotatable bonds is 6. The number of carbonyl (C=O) groups is 2. The topological polar surface area (TPSA) is 68.5 Å². The van der Waals surface area contributed by atoms with Crippen molar-refractivity contribution >= 4 is 18.0 Å². The Hall–Kier alpha value is -2.04. The number of carbonyl (C=O) groups excluding carboxylic acids is 2. The van der Waals surface area contributed by atoms with Crippen molar-refractivity contribution in [3.05, 3.63) is 29.7 Å². The Morgan fingerprint density at radius 3 is 2.74 bits per heavy atom. The number of hydrogen-bond donors (Lipinski definition) is 1. The third kappa shape index (κ3) is 6.45. The van der Waals surface area contributed by atoms with E-state index in [2.05, 4.69) is 5.32 Å². The summed E-state index contributed by atoms with van der Waals surface area (Å²) in [5, 5.41) is 2.60. The molecule has 0 aliphatic heterocycles. The van der Waals surface area contributed by atoms with Crippen LogP contribution < -0.4 is 5.32 Å². The first-order valence-electron chi connectivity index (χ1n) is 6.19. The highest BCUT2D eigenvalue weighted by atomic mass is 16.5. The van der Waals surface area contributed by atoms with Gasteiger partial charge in [0, 0.05) is 12.6 Å². The molecule has 5 heteroatoms. The Kier molecular flexibility index (Phi) is 5.85. The molecule has 0 aliphatic carbocycles. The monoisotopic (exact) mass is 265 g/mol. The van der Waals surface area contributed by atoms with E-state index in [1.165, 1.54) is 6.08 Å². The Labute approximate surface area is 112 Å². The molecular formula is C14H19NO4. The molecule has 0 atom stereocenters. The number of hydrogen-bond acceptors (Lipinski definition) is 4. The van der Waals surface area contributed by atoms with Crippen LogP contribution in [0.4, 0.5) is 0 Å². The molecule has 1 aromatic rings. The van der Waals surface area contributed by atoms with E-state index < -0.39 is 0 Å². The maximum atomic E-state index is 11.4. The molecule has 0 saturated heterocycles. The standard InChI is InChI=1S/C14H19NO4/c1-10(2)18-14(17)8-9-15-13(16)7-6-12-5-4-11(3)19-12/h4-7,10H,8-9H2,1-3H3,(H,15,16)/b7-6+. The summed E-state index contributed by atoms with van der Waals surface area (Å²) < 4.78 is 10.2. The van der Waals surface area contributed by atoms with Crippen LogP contribution >= 0.6 is 0 Å².